The molecule has 2 fully saturated rings. The van der Waals surface area contributed by atoms with Crippen LogP contribution in [0.15, 0.2) is 42.7 Å². The molecule has 0 atom stereocenters. The molecule has 0 saturated carbocycles. The van der Waals surface area contributed by atoms with Crippen LogP contribution in [0.25, 0.3) is 5.78 Å². The minimum absolute atomic E-state index is 0.110. The third kappa shape index (κ3) is 3.58. The Balaban J connectivity index is 1.19. The zero-order chi connectivity index (χ0) is 20.5. The summed E-state index contributed by atoms with van der Waals surface area (Å²) in [6, 6.07) is 12.5. The second-order valence-electron chi connectivity index (χ2n) is 8.14. The fourth-order valence-electron chi connectivity index (χ4n) is 4.57. The first kappa shape index (κ1) is 18.8. The zero-order valence-corrected chi connectivity index (χ0v) is 17.3. The number of aromatic nitrogens is 4. The number of hydrogen-bond acceptors (Lipinski definition) is 6. The molecule has 0 bridgehead atoms. The second kappa shape index (κ2) is 7.93. The van der Waals surface area contributed by atoms with Gasteiger partial charge in [-0.15, -0.1) is 0 Å². The number of para-hydroxylation sites is 1. The van der Waals surface area contributed by atoms with Gasteiger partial charge in [-0.25, -0.2) is 4.98 Å². The Labute approximate surface area is 176 Å². The van der Waals surface area contributed by atoms with Crippen LogP contribution in [-0.4, -0.2) is 69.7 Å². The quantitative estimate of drug-likeness (QED) is 0.664. The van der Waals surface area contributed by atoms with Crippen molar-refractivity contribution >= 4 is 23.2 Å². The maximum Gasteiger partial charge on any atom is 0.254 e. The molecule has 5 rings (SSSR count). The van der Waals surface area contributed by atoms with Gasteiger partial charge in [0, 0.05) is 62.6 Å². The molecule has 1 amide bonds. The summed E-state index contributed by atoms with van der Waals surface area (Å²) in [4.78, 5) is 28.5. The van der Waals surface area contributed by atoms with Crippen LogP contribution in [0.4, 0.5) is 11.5 Å². The van der Waals surface area contributed by atoms with E-state index in [-0.39, 0.29) is 5.92 Å². The van der Waals surface area contributed by atoms with Crippen LogP contribution in [0.2, 0.25) is 0 Å². The van der Waals surface area contributed by atoms with Crippen molar-refractivity contribution in [2.24, 2.45) is 5.92 Å². The van der Waals surface area contributed by atoms with Gasteiger partial charge >= 0.3 is 0 Å². The Bertz CT molecular complexity index is 1020. The molecule has 2 aliphatic heterocycles. The molecule has 156 valence electrons. The number of rotatable bonds is 3. The highest BCUT2D eigenvalue weighted by atomic mass is 16.2. The summed E-state index contributed by atoms with van der Waals surface area (Å²) >= 11 is 0. The molecule has 2 saturated heterocycles. The van der Waals surface area contributed by atoms with Gasteiger partial charge in [0.05, 0.1) is 0 Å². The normalized spacial score (nSPS) is 18.2. The van der Waals surface area contributed by atoms with Crippen molar-refractivity contribution < 1.29 is 4.79 Å². The molecular formula is C22H27N7O. The minimum atomic E-state index is 0.110. The first-order valence-electron chi connectivity index (χ1n) is 10.7. The molecule has 1 aromatic carbocycles. The third-order valence-electron chi connectivity index (χ3n) is 6.24. The van der Waals surface area contributed by atoms with Crippen LogP contribution >= 0.6 is 0 Å². The van der Waals surface area contributed by atoms with Crippen LogP contribution in [-0.2, 0) is 4.79 Å². The first-order chi connectivity index (χ1) is 14.7. The Morgan fingerprint density at radius 1 is 0.967 bits per heavy atom. The lowest BCUT2D eigenvalue weighted by atomic mass is 9.95. The van der Waals surface area contributed by atoms with E-state index in [1.807, 2.05) is 19.1 Å². The lowest BCUT2D eigenvalue weighted by Gasteiger charge is -2.39. The highest BCUT2D eigenvalue weighted by molar-refractivity contribution is 5.79. The van der Waals surface area contributed by atoms with Gasteiger partial charge in [0.25, 0.3) is 5.78 Å². The molecule has 2 aliphatic rings. The number of aryl methyl sites for hydroxylation is 1. The second-order valence-corrected chi connectivity index (χ2v) is 8.14. The summed E-state index contributed by atoms with van der Waals surface area (Å²) in [6.07, 6.45) is 3.28. The molecule has 0 unspecified atom stereocenters. The van der Waals surface area contributed by atoms with Gasteiger partial charge in [-0.3, -0.25) is 4.79 Å². The fourth-order valence-corrected chi connectivity index (χ4v) is 4.57. The molecule has 0 radical (unpaired) electrons. The van der Waals surface area contributed by atoms with Crippen molar-refractivity contribution in [3.63, 3.8) is 0 Å². The van der Waals surface area contributed by atoms with Crippen LogP contribution in [0.1, 0.15) is 18.5 Å². The van der Waals surface area contributed by atoms with Gasteiger partial charge in [0.15, 0.2) is 0 Å². The molecule has 4 heterocycles. The molecular weight excluding hydrogens is 378 g/mol. The molecule has 0 spiro atoms. The van der Waals surface area contributed by atoms with Crippen LogP contribution in [0, 0.1) is 12.8 Å². The number of piperazine rings is 1. The van der Waals surface area contributed by atoms with Crippen molar-refractivity contribution in [3.8, 4) is 0 Å². The van der Waals surface area contributed by atoms with Crippen LogP contribution in [0.5, 0.6) is 0 Å². The first-order valence-corrected chi connectivity index (χ1v) is 10.7. The Morgan fingerprint density at radius 2 is 1.70 bits per heavy atom. The highest BCUT2D eigenvalue weighted by Gasteiger charge is 2.31. The van der Waals surface area contributed by atoms with Crippen molar-refractivity contribution in [1.82, 2.24) is 24.5 Å². The highest BCUT2D eigenvalue weighted by Crippen LogP contribution is 2.26. The summed E-state index contributed by atoms with van der Waals surface area (Å²) in [7, 11) is 0. The minimum Gasteiger partial charge on any atom is -0.368 e. The van der Waals surface area contributed by atoms with Gasteiger partial charge in [-0.05, 0) is 31.9 Å². The number of carbonyl (C=O) groups is 1. The molecule has 30 heavy (non-hydrogen) atoms. The SMILES string of the molecule is Cc1cc(N2CCC(C(=O)N3CCN(c4ccccc4)CC3)CC2)n2ncnc2n1. The van der Waals surface area contributed by atoms with E-state index < -0.39 is 0 Å². The van der Waals surface area contributed by atoms with Crippen molar-refractivity contribution in [2.45, 2.75) is 19.8 Å². The third-order valence-corrected chi connectivity index (χ3v) is 6.24. The Hall–Kier alpha value is -3.16. The summed E-state index contributed by atoms with van der Waals surface area (Å²) in [6.45, 7) is 7.07. The van der Waals surface area contributed by atoms with E-state index >= 15 is 0 Å². The van der Waals surface area contributed by atoms with Crippen LogP contribution < -0.4 is 9.80 Å². The summed E-state index contributed by atoms with van der Waals surface area (Å²) in [5, 5.41) is 4.32. The summed E-state index contributed by atoms with van der Waals surface area (Å²) in [5.74, 6) is 2.06. The van der Waals surface area contributed by atoms with E-state index in [0.717, 1.165) is 63.6 Å². The molecule has 0 aliphatic carbocycles. The lowest BCUT2D eigenvalue weighted by molar-refractivity contribution is -0.136. The Morgan fingerprint density at radius 3 is 2.43 bits per heavy atom. The average Bonchev–Trinajstić information content (AvgIpc) is 3.27. The van der Waals surface area contributed by atoms with E-state index in [4.69, 9.17) is 0 Å². The number of benzene rings is 1. The number of carbonyl (C=O) groups excluding carboxylic acids is 1. The van der Waals surface area contributed by atoms with E-state index in [2.05, 4.69) is 54.0 Å². The summed E-state index contributed by atoms with van der Waals surface area (Å²) < 4.78 is 1.79. The molecule has 8 nitrogen and oxygen atoms in total. The van der Waals surface area contributed by atoms with Gasteiger partial charge in [-0.2, -0.15) is 14.6 Å². The predicted molar refractivity (Wildman–Crippen MR) is 116 cm³/mol. The largest absolute Gasteiger partial charge is 0.368 e. The lowest BCUT2D eigenvalue weighted by Crippen LogP contribution is -2.51. The van der Waals surface area contributed by atoms with E-state index in [1.54, 1.807) is 4.52 Å². The topological polar surface area (TPSA) is 69.9 Å². The number of nitrogens with zero attached hydrogens (tertiary/aromatic N) is 7. The Kier molecular flexibility index (Phi) is 4.98. The number of anilines is 2. The maximum atomic E-state index is 13.1. The molecule has 0 N–H and O–H groups in total. The van der Waals surface area contributed by atoms with E-state index in [9.17, 15) is 4.79 Å². The average molecular weight is 406 g/mol. The van der Waals surface area contributed by atoms with Crippen molar-refractivity contribution in [3.05, 3.63) is 48.4 Å². The van der Waals surface area contributed by atoms with Gasteiger partial charge in [0.1, 0.15) is 12.1 Å². The molecule has 3 aromatic rings. The zero-order valence-electron chi connectivity index (χ0n) is 17.3. The van der Waals surface area contributed by atoms with E-state index in [1.165, 1.54) is 12.0 Å². The number of hydrogen-bond donors (Lipinski definition) is 0. The predicted octanol–water partition coefficient (Wildman–Crippen LogP) is 2.00. The fraction of sp³-hybridized carbons (Fsp3) is 0.455. The van der Waals surface area contributed by atoms with Gasteiger partial charge in [0.2, 0.25) is 5.91 Å². The van der Waals surface area contributed by atoms with Crippen molar-refractivity contribution in [2.75, 3.05) is 49.1 Å². The standard InChI is InChI=1S/C22H27N7O/c1-17-15-20(29-22(25-17)23-16-24-29)27-9-7-18(8-10-27)21(30)28-13-11-26(12-14-28)19-5-3-2-4-6-19/h2-6,15-16,18H,7-14H2,1H3. The van der Waals surface area contributed by atoms with Crippen molar-refractivity contribution in [1.29, 1.82) is 0 Å². The number of piperidine rings is 1. The smallest absolute Gasteiger partial charge is 0.254 e. The van der Waals surface area contributed by atoms with Gasteiger partial charge < -0.3 is 14.7 Å². The summed E-state index contributed by atoms with van der Waals surface area (Å²) in [5.41, 5.74) is 2.17. The molecule has 8 heteroatoms. The molecule has 2 aromatic heterocycles. The number of fused-ring (bicyclic) bond motifs is 1. The monoisotopic (exact) mass is 405 g/mol. The van der Waals surface area contributed by atoms with E-state index in [0.29, 0.717) is 11.7 Å². The van der Waals surface area contributed by atoms with Crippen LogP contribution in [0.3, 0.4) is 0 Å². The number of amides is 1. The maximum absolute atomic E-state index is 13.1. The van der Waals surface area contributed by atoms with Gasteiger partial charge in [-0.1, -0.05) is 18.2 Å².